The molecular weight excluding hydrogens is 144 g/mol. The molecule has 1 fully saturated rings. The van der Waals surface area contributed by atoms with E-state index in [1.807, 2.05) is 0 Å². The van der Waals surface area contributed by atoms with E-state index in [0.717, 1.165) is 19.4 Å². The molecule has 3 N–H and O–H groups in total. The first-order valence-electron chi connectivity index (χ1n) is 3.94. The molecule has 1 rings (SSSR count). The number of carbonyl (C=O) groups excluding carboxylic acids is 1. The molecule has 0 spiro atoms. The molecule has 0 aromatic heterocycles. The molecule has 11 heavy (non-hydrogen) atoms. The second kappa shape index (κ2) is 4.31. The highest BCUT2D eigenvalue weighted by atomic mass is 16.5. The van der Waals surface area contributed by atoms with Gasteiger partial charge in [0.25, 0.3) is 0 Å². The number of rotatable bonds is 3. The second-order valence-corrected chi connectivity index (χ2v) is 2.61. The summed E-state index contributed by atoms with van der Waals surface area (Å²) in [6.45, 7) is 1.65. The van der Waals surface area contributed by atoms with Crippen molar-refractivity contribution < 1.29 is 9.53 Å². The highest BCUT2D eigenvalue weighted by Crippen LogP contribution is 2.05. The van der Waals surface area contributed by atoms with Gasteiger partial charge < -0.3 is 15.8 Å². The average molecular weight is 158 g/mol. The van der Waals surface area contributed by atoms with E-state index < -0.39 is 0 Å². The summed E-state index contributed by atoms with van der Waals surface area (Å²) in [6.07, 6.45) is 1.95. The molecule has 0 bridgehead atoms. The fraction of sp³-hybridized carbons (Fsp3) is 0.857. The topological polar surface area (TPSA) is 64.3 Å². The zero-order valence-electron chi connectivity index (χ0n) is 6.51. The Bertz CT molecular complexity index is 132. The largest absolute Gasteiger partial charge is 0.463 e. The van der Waals surface area contributed by atoms with Gasteiger partial charge in [0.05, 0.1) is 0 Å². The van der Waals surface area contributed by atoms with Crippen LogP contribution in [0.1, 0.15) is 12.8 Å². The minimum atomic E-state index is -0.159. The van der Waals surface area contributed by atoms with Crippen molar-refractivity contribution in [3.63, 3.8) is 0 Å². The van der Waals surface area contributed by atoms with E-state index >= 15 is 0 Å². The average Bonchev–Trinajstić information content (AvgIpc) is 2.52. The summed E-state index contributed by atoms with van der Waals surface area (Å²) < 4.78 is 4.85. The van der Waals surface area contributed by atoms with Gasteiger partial charge in [0.1, 0.15) is 12.6 Å². The Morgan fingerprint density at radius 1 is 1.73 bits per heavy atom. The number of esters is 1. The lowest BCUT2D eigenvalue weighted by atomic mass is 10.2. The van der Waals surface area contributed by atoms with Crippen molar-refractivity contribution >= 4 is 5.97 Å². The molecule has 1 aliphatic rings. The van der Waals surface area contributed by atoms with Gasteiger partial charge in [0.2, 0.25) is 0 Å². The highest BCUT2D eigenvalue weighted by molar-refractivity contribution is 5.76. The summed E-state index contributed by atoms with van der Waals surface area (Å²) in [6, 6.07) is -0.0819. The molecule has 1 saturated heterocycles. The fourth-order valence-electron chi connectivity index (χ4n) is 1.15. The van der Waals surface area contributed by atoms with E-state index in [-0.39, 0.29) is 12.0 Å². The van der Waals surface area contributed by atoms with Crippen LogP contribution in [-0.4, -0.2) is 31.7 Å². The van der Waals surface area contributed by atoms with Crippen LogP contribution in [0.3, 0.4) is 0 Å². The monoisotopic (exact) mass is 158 g/mol. The van der Waals surface area contributed by atoms with Gasteiger partial charge in [0.15, 0.2) is 0 Å². The Kier molecular flexibility index (Phi) is 3.32. The number of nitrogens with one attached hydrogen (secondary N) is 1. The summed E-state index contributed by atoms with van der Waals surface area (Å²) in [5.41, 5.74) is 5.18. The second-order valence-electron chi connectivity index (χ2n) is 2.61. The smallest absolute Gasteiger partial charge is 0.323 e. The summed E-state index contributed by atoms with van der Waals surface area (Å²) in [7, 11) is 0. The predicted molar refractivity (Wildman–Crippen MR) is 41.0 cm³/mol. The van der Waals surface area contributed by atoms with Crippen molar-refractivity contribution in [3.8, 4) is 0 Å². The van der Waals surface area contributed by atoms with Crippen molar-refractivity contribution in [1.82, 2.24) is 5.32 Å². The molecule has 4 heteroatoms. The first kappa shape index (κ1) is 8.49. The van der Waals surface area contributed by atoms with Crippen molar-refractivity contribution in [2.24, 2.45) is 5.73 Å². The third kappa shape index (κ3) is 2.48. The van der Waals surface area contributed by atoms with E-state index in [9.17, 15) is 4.79 Å². The molecule has 0 unspecified atom stereocenters. The van der Waals surface area contributed by atoms with Crippen LogP contribution in [0.4, 0.5) is 0 Å². The maximum Gasteiger partial charge on any atom is 0.323 e. The van der Waals surface area contributed by atoms with Crippen LogP contribution in [0.5, 0.6) is 0 Å². The normalized spacial score (nSPS) is 23.5. The molecule has 4 nitrogen and oxygen atoms in total. The summed E-state index contributed by atoms with van der Waals surface area (Å²) in [5.74, 6) is -0.159. The first-order valence-corrected chi connectivity index (χ1v) is 3.94. The highest BCUT2D eigenvalue weighted by Gasteiger charge is 2.22. The van der Waals surface area contributed by atoms with Gasteiger partial charge in [0, 0.05) is 6.54 Å². The number of hydrogen-bond acceptors (Lipinski definition) is 4. The molecule has 0 aliphatic carbocycles. The number of carbonyl (C=O) groups is 1. The Labute approximate surface area is 66.1 Å². The van der Waals surface area contributed by atoms with Crippen LogP contribution in [0.25, 0.3) is 0 Å². The number of ether oxygens (including phenoxy) is 1. The standard InChI is InChI=1S/C7H14N2O2/c8-3-5-11-7(10)6-2-1-4-9-6/h6,9H,1-5,8H2/t6-/m0/s1. The Morgan fingerprint density at radius 3 is 3.09 bits per heavy atom. The number of nitrogens with two attached hydrogens (primary N) is 1. The van der Waals surface area contributed by atoms with Gasteiger partial charge in [-0.1, -0.05) is 0 Å². The molecular formula is C7H14N2O2. The van der Waals surface area contributed by atoms with Crippen molar-refractivity contribution in [3.05, 3.63) is 0 Å². The van der Waals surface area contributed by atoms with E-state index in [2.05, 4.69) is 5.32 Å². The fourth-order valence-corrected chi connectivity index (χ4v) is 1.15. The van der Waals surface area contributed by atoms with Crippen LogP contribution in [0, 0.1) is 0 Å². The van der Waals surface area contributed by atoms with Crippen LogP contribution in [-0.2, 0) is 9.53 Å². The zero-order valence-corrected chi connectivity index (χ0v) is 6.51. The molecule has 1 heterocycles. The lowest BCUT2D eigenvalue weighted by molar-refractivity contribution is -0.145. The van der Waals surface area contributed by atoms with Gasteiger partial charge in [-0.25, -0.2) is 0 Å². The molecule has 1 atom stereocenters. The van der Waals surface area contributed by atoms with Crippen LogP contribution in [0.15, 0.2) is 0 Å². The predicted octanol–water partition coefficient (Wildman–Crippen LogP) is -0.760. The van der Waals surface area contributed by atoms with Crippen LogP contribution < -0.4 is 11.1 Å². The van der Waals surface area contributed by atoms with Gasteiger partial charge in [-0.15, -0.1) is 0 Å². The van der Waals surface area contributed by atoms with Gasteiger partial charge in [-0.05, 0) is 19.4 Å². The summed E-state index contributed by atoms with van der Waals surface area (Å²) in [5, 5.41) is 3.05. The van der Waals surface area contributed by atoms with Crippen LogP contribution in [0.2, 0.25) is 0 Å². The SMILES string of the molecule is NCCOC(=O)[C@@H]1CCCN1. The Balaban J connectivity index is 2.17. The lowest BCUT2D eigenvalue weighted by Crippen LogP contribution is -2.33. The molecule has 0 radical (unpaired) electrons. The minimum Gasteiger partial charge on any atom is -0.463 e. The van der Waals surface area contributed by atoms with Gasteiger partial charge in [-0.2, -0.15) is 0 Å². The summed E-state index contributed by atoms with van der Waals surface area (Å²) in [4.78, 5) is 11.1. The number of hydrogen-bond donors (Lipinski definition) is 2. The maximum absolute atomic E-state index is 11.1. The molecule has 0 saturated carbocycles. The van der Waals surface area contributed by atoms with Crippen LogP contribution >= 0.6 is 0 Å². The summed E-state index contributed by atoms with van der Waals surface area (Å²) >= 11 is 0. The third-order valence-corrected chi connectivity index (χ3v) is 1.71. The van der Waals surface area contributed by atoms with Gasteiger partial charge >= 0.3 is 5.97 Å². The van der Waals surface area contributed by atoms with E-state index in [0.29, 0.717) is 13.2 Å². The quantitative estimate of drug-likeness (QED) is 0.530. The molecule has 0 aromatic rings. The van der Waals surface area contributed by atoms with E-state index in [1.54, 1.807) is 0 Å². The lowest BCUT2D eigenvalue weighted by Gasteiger charge is -2.08. The molecule has 0 aromatic carbocycles. The Hall–Kier alpha value is -0.610. The molecule has 64 valence electrons. The van der Waals surface area contributed by atoms with Gasteiger partial charge in [-0.3, -0.25) is 4.79 Å². The first-order chi connectivity index (χ1) is 5.34. The van der Waals surface area contributed by atoms with Crippen molar-refractivity contribution in [2.45, 2.75) is 18.9 Å². The van der Waals surface area contributed by atoms with Crippen molar-refractivity contribution in [1.29, 1.82) is 0 Å². The van der Waals surface area contributed by atoms with Crippen molar-refractivity contribution in [2.75, 3.05) is 19.7 Å². The van der Waals surface area contributed by atoms with E-state index in [4.69, 9.17) is 10.5 Å². The maximum atomic E-state index is 11.1. The minimum absolute atomic E-state index is 0.0819. The zero-order chi connectivity index (χ0) is 8.10. The van der Waals surface area contributed by atoms with E-state index in [1.165, 1.54) is 0 Å². The molecule has 0 amide bonds. The Morgan fingerprint density at radius 2 is 2.55 bits per heavy atom. The molecule has 1 aliphatic heterocycles. The third-order valence-electron chi connectivity index (χ3n) is 1.71.